The van der Waals surface area contributed by atoms with Crippen LogP contribution < -0.4 is 5.48 Å². The lowest BCUT2D eigenvalue weighted by Crippen LogP contribution is -2.40. The molecule has 1 aliphatic carbocycles. The number of hydrogen-bond donors (Lipinski definition) is 2. The number of aliphatic hydroxyl groups excluding tert-OH is 1. The van der Waals surface area contributed by atoms with Crippen molar-refractivity contribution in [1.29, 1.82) is 0 Å². The molecule has 1 heterocycles. The Kier molecular flexibility index (Phi) is 3.30. The first-order chi connectivity index (χ1) is 7.07. The topological polar surface area (TPSA) is 75.6 Å². The lowest BCUT2D eigenvalue weighted by molar-refractivity contribution is -0.0541. The molecule has 88 valence electrons. The monoisotopic (exact) mass is 235 g/mol. The molecule has 0 aromatic heterocycles. The molecule has 1 aliphatic heterocycles. The Morgan fingerprint density at radius 3 is 2.40 bits per heavy atom. The Labute approximate surface area is 89.7 Å². The number of nitrogens with one attached hydrogen (secondary N) is 1. The van der Waals surface area contributed by atoms with Crippen molar-refractivity contribution >= 4 is 9.84 Å². The first-order valence-electron chi connectivity index (χ1n) is 5.36. The van der Waals surface area contributed by atoms with Crippen molar-refractivity contribution in [2.75, 3.05) is 11.5 Å². The maximum atomic E-state index is 11.2. The van der Waals surface area contributed by atoms with Crippen LogP contribution in [-0.2, 0) is 14.7 Å². The van der Waals surface area contributed by atoms with Crippen LogP contribution in [0.5, 0.6) is 0 Å². The normalized spacial score (nSPS) is 36.1. The van der Waals surface area contributed by atoms with Gasteiger partial charge in [0.05, 0.1) is 29.8 Å². The third kappa shape index (κ3) is 2.90. The van der Waals surface area contributed by atoms with E-state index in [2.05, 4.69) is 5.48 Å². The van der Waals surface area contributed by atoms with E-state index in [4.69, 9.17) is 4.84 Å². The summed E-state index contributed by atoms with van der Waals surface area (Å²) in [4.78, 5) is 5.38. The van der Waals surface area contributed by atoms with Gasteiger partial charge in [-0.3, -0.25) is 4.84 Å². The van der Waals surface area contributed by atoms with Gasteiger partial charge in [-0.05, 0) is 12.8 Å². The highest BCUT2D eigenvalue weighted by molar-refractivity contribution is 7.91. The number of aliphatic hydroxyl groups is 1. The molecule has 2 fully saturated rings. The zero-order chi connectivity index (χ0) is 10.9. The molecule has 6 heteroatoms. The molecule has 15 heavy (non-hydrogen) atoms. The van der Waals surface area contributed by atoms with E-state index in [1.54, 1.807) is 0 Å². The third-order valence-electron chi connectivity index (χ3n) is 3.01. The largest absolute Gasteiger partial charge is 0.390 e. The lowest BCUT2D eigenvalue weighted by Gasteiger charge is -2.18. The predicted octanol–water partition coefficient (Wildman–Crippen LogP) is -0.392. The van der Waals surface area contributed by atoms with Crippen molar-refractivity contribution in [3.05, 3.63) is 0 Å². The van der Waals surface area contributed by atoms with Gasteiger partial charge in [-0.1, -0.05) is 12.8 Å². The minimum atomic E-state index is -3.08. The van der Waals surface area contributed by atoms with Crippen LogP contribution >= 0.6 is 0 Å². The third-order valence-corrected chi connectivity index (χ3v) is 4.73. The minimum Gasteiger partial charge on any atom is -0.390 e. The smallest absolute Gasteiger partial charge is 0.154 e. The zero-order valence-corrected chi connectivity index (χ0v) is 9.37. The van der Waals surface area contributed by atoms with Crippen molar-refractivity contribution in [2.45, 2.75) is 43.9 Å². The van der Waals surface area contributed by atoms with Crippen LogP contribution in [0.15, 0.2) is 0 Å². The van der Waals surface area contributed by atoms with E-state index in [1.165, 1.54) is 0 Å². The molecule has 1 saturated heterocycles. The first-order valence-corrected chi connectivity index (χ1v) is 7.19. The van der Waals surface area contributed by atoms with Gasteiger partial charge in [-0.2, -0.15) is 5.48 Å². The maximum Gasteiger partial charge on any atom is 0.154 e. The highest BCUT2D eigenvalue weighted by Gasteiger charge is 2.37. The van der Waals surface area contributed by atoms with Crippen molar-refractivity contribution in [1.82, 2.24) is 5.48 Å². The van der Waals surface area contributed by atoms with Gasteiger partial charge >= 0.3 is 0 Å². The number of hydrogen-bond acceptors (Lipinski definition) is 5. The standard InChI is InChI=1S/C9H17NO4S/c11-9-6-15(12,13)5-8(9)10-14-7-3-1-2-4-7/h7-11H,1-6H2. The summed E-state index contributed by atoms with van der Waals surface area (Å²) < 4.78 is 22.4. The van der Waals surface area contributed by atoms with Gasteiger partial charge in [0.25, 0.3) is 0 Å². The van der Waals surface area contributed by atoms with Crippen molar-refractivity contribution in [3.63, 3.8) is 0 Å². The van der Waals surface area contributed by atoms with E-state index < -0.39 is 22.0 Å². The molecule has 0 radical (unpaired) electrons. The second kappa shape index (κ2) is 4.37. The lowest BCUT2D eigenvalue weighted by atomic mass is 10.2. The van der Waals surface area contributed by atoms with E-state index in [1.807, 2.05) is 0 Å². The highest BCUT2D eigenvalue weighted by atomic mass is 32.2. The maximum absolute atomic E-state index is 11.2. The summed E-state index contributed by atoms with van der Waals surface area (Å²) in [5.74, 6) is -0.181. The summed E-state index contributed by atoms with van der Waals surface area (Å²) in [5.41, 5.74) is 2.70. The van der Waals surface area contributed by atoms with Gasteiger partial charge < -0.3 is 5.11 Å². The van der Waals surface area contributed by atoms with E-state index in [9.17, 15) is 13.5 Å². The molecule has 1 saturated carbocycles. The fraction of sp³-hybridized carbons (Fsp3) is 1.00. The van der Waals surface area contributed by atoms with Crippen LogP contribution in [-0.4, -0.2) is 43.3 Å². The molecule has 2 atom stereocenters. The quantitative estimate of drug-likeness (QED) is 0.651. The Balaban J connectivity index is 1.79. The summed E-state index contributed by atoms with van der Waals surface area (Å²) in [6.07, 6.45) is 3.71. The van der Waals surface area contributed by atoms with E-state index in [-0.39, 0.29) is 17.6 Å². The van der Waals surface area contributed by atoms with Crippen LogP contribution in [0, 0.1) is 0 Å². The van der Waals surface area contributed by atoms with E-state index in [0.29, 0.717) is 0 Å². The number of hydroxylamine groups is 1. The summed E-state index contributed by atoms with van der Waals surface area (Å²) in [6, 6.07) is -0.462. The summed E-state index contributed by atoms with van der Waals surface area (Å²) >= 11 is 0. The molecule has 0 bridgehead atoms. The van der Waals surface area contributed by atoms with Gasteiger partial charge in [0.15, 0.2) is 9.84 Å². The molecule has 2 aliphatic rings. The molecule has 5 nitrogen and oxygen atoms in total. The van der Waals surface area contributed by atoms with Crippen molar-refractivity contribution in [2.24, 2.45) is 0 Å². The zero-order valence-electron chi connectivity index (χ0n) is 8.55. The fourth-order valence-corrected chi connectivity index (χ4v) is 3.86. The van der Waals surface area contributed by atoms with Gasteiger partial charge in [-0.15, -0.1) is 0 Å². The molecule has 0 spiro atoms. The van der Waals surface area contributed by atoms with E-state index in [0.717, 1.165) is 25.7 Å². The van der Waals surface area contributed by atoms with Crippen molar-refractivity contribution < 1.29 is 18.4 Å². The summed E-state index contributed by atoms with van der Waals surface area (Å²) in [6.45, 7) is 0. The van der Waals surface area contributed by atoms with Gasteiger partial charge in [0.2, 0.25) is 0 Å². The summed E-state index contributed by atoms with van der Waals surface area (Å²) in [7, 11) is -3.08. The Bertz CT molecular complexity index is 310. The van der Waals surface area contributed by atoms with Gasteiger partial charge in [0.1, 0.15) is 0 Å². The Morgan fingerprint density at radius 2 is 1.87 bits per heavy atom. The van der Waals surface area contributed by atoms with E-state index >= 15 is 0 Å². The first kappa shape index (κ1) is 11.3. The predicted molar refractivity (Wildman–Crippen MR) is 54.9 cm³/mol. The van der Waals surface area contributed by atoms with Crippen LogP contribution in [0.2, 0.25) is 0 Å². The Morgan fingerprint density at radius 1 is 1.20 bits per heavy atom. The molecule has 2 N–H and O–H groups in total. The molecular weight excluding hydrogens is 218 g/mol. The molecule has 0 amide bonds. The van der Waals surface area contributed by atoms with Crippen LogP contribution in [0.3, 0.4) is 0 Å². The molecule has 0 aromatic rings. The average Bonchev–Trinajstić information content (AvgIpc) is 2.70. The Hall–Kier alpha value is -0.170. The molecule has 2 unspecified atom stereocenters. The SMILES string of the molecule is O=S1(=O)CC(O)C(NOC2CCCC2)C1. The molecule has 2 rings (SSSR count). The molecule has 0 aromatic carbocycles. The fourth-order valence-electron chi connectivity index (χ4n) is 2.13. The van der Waals surface area contributed by atoms with Gasteiger partial charge in [-0.25, -0.2) is 8.42 Å². The average molecular weight is 235 g/mol. The van der Waals surface area contributed by atoms with Crippen molar-refractivity contribution in [3.8, 4) is 0 Å². The van der Waals surface area contributed by atoms with Gasteiger partial charge in [0, 0.05) is 0 Å². The molecular formula is C9H17NO4S. The second-order valence-electron chi connectivity index (χ2n) is 4.39. The number of sulfone groups is 1. The minimum absolute atomic E-state index is 0.0269. The van der Waals surface area contributed by atoms with Crippen LogP contribution in [0.4, 0.5) is 0 Å². The second-order valence-corrected chi connectivity index (χ2v) is 6.55. The van der Waals surface area contributed by atoms with Crippen LogP contribution in [0.1, 0.15) is 25.7 Å². The van der Waals surface area contributed by atoms with Crippen LogP contribution in [0.25, 0.3) is 0 Å². The highest BCUT2D eigenvalue weighted by Crippen LogP contribution is 2.21. The summed E-state index contributed by atoms with van der Waals surface area (Å²) in [5, 5.41) is 9.48. The number of rotatable bonds is 3.